The summed E-state index contributed by atoms with van der Waals surface area (Å²) in [6.45, 7) is 9.22. The average molecular weight is 186 g/mol. The van der Waals surface area contributed by atoms with Crippen LogP contribution < -0.4 is 0 Å². The molecule has 13 heavy (non-hydrogen) atoms. The Morgan fingerprint density at radius 1 is 1.31 bits per heavy atom. The van der Waals surface area contributed by atoms with Crippen molar-refractivity contribution in [2.24, 2.45) is 5.92 Å². The van der Waals surface area contributed by atoms with E-state index in [4.69, 9.17) is 0 Å². The summed E-state index contributed by atoms with van der Waals surface area (Å²) in [5.74, 6) is 0.358. The standard InChI is InChI=1S/C11H16F2/c1-8(2)9(3)6-5-7-10(4)11(12)13/h5-8,11H,3H2,1-2,4H3/b6-5-,10-7+. The lowest BCUT2D eigenvalue weighted by atomic mass is 10.1. The van der Waals surface area contributed by atoms with Gasteiger partial charge in [-0.1, -0.05) is 44.2 Å². The van der Waals surface area contributed by atoms with Gasteiger partial charge in [-0.25, -0.2) is 8.78 Å². The zero-order chi connectivity index (χ0) is 10.4. The number of hydrogen-bond donors (Lipinski definition) is 0. The first-order valence-corrected chi connectivity index (χ1v) is 4.27. The Morgan fingerprint density at radius 2 is 1.85 bits per heavy atom. The van der Waals surface area contributed by atoms with Crippen molar-refractivity contribution in [3.63, 3.8) is 0 Å². The zero-order valence-corrected chi connectivity index (χ0v) is 8.35. The molecule has 0 saturated carbocycles. The molecule has 0 aliphatic carbocycles. The van der Waals surface area contributed by atoms with Crippen LogP contribution in [0.15, 0.2) is 36.0 Å². The van der Waals surface area contributed by atoms with Gasteiger partial charge in [0.1, 0.15) is 0 Å². The van der Waals surface area contributed by atoms with Gasteiger partial charge in [-0.3, -0.25) is 0 Å². The van der Waals surface area contributed by atoms with Crippen LogP contribution >= 0.6 is 0 Å². The zero-order valence-electron chi connectivity index (χ0n) is 8.35. The van der Waals surface area contributed by atoms with E-state index in [1.54, 1.807) is 12.2 Å². The number of hydrogen-bond acceptors (Lipinski definition) is 0. The molecule has 0 aliphatic rings. The Hall–Kier alpha value is -0.920. The van der Waals surface area contributed by atoms with Gasteiger partial charge in [0.25, 0.3) is 6.43 Å². The summed E-state index contributed by atoms with van der Waals surface area (Å²) in [6.07, 6.45) is 2.43. The number of rotatable bonds is 4. The van der Waals surface area contributed by atoms with E-state index in [0.717, 1.165) is 5.57 Å². The van der Waals surface area contributed by atoms with Gasteiger partial charge >= 0.3 is 0 Å². The third-order valence-corrected chi connectivity index (χ3v) is 1.76. The van der Waals surface area contributed by atoms with E-state index in [9.17, 15) is 8.78 Å². The van der Waals surface area contributed by atoms with Crippen LogP contribution in [0, 0.1) is 5.92 Å². The van der Waals surface area contributed by atoms with Crippen LogP contribution in [0.1, 0.15) is 20.8 Å². The van der Waals surface area contributed by atoms with Gasteiger partial charge < -0.3 is 0 Å². The molecule has 74 valence electrons. The minimum Gasteiger partial charge on any atom is -0.205 e. The molecule has 0 atom stereocenters. The molecule has 0 nitrogen and oxygen atoms in total. The maximum Gasteiger partial charge on any atom is 0.259 e. The Balaban J connectivity index is 4.15. The van der Waals surface area contributed by atoms with Crippen molar-refractivity contribution in [1.82, 2.24) is 0 Å². The second-order valence-corrected chi connectivity index (χ2v) is 3.30. The molecule has 0 aliphatic heterocycles. The average Bonchev–Trinajstić information content (AvgIpc) is 2.03. The number of allylic oxidation sites excluding steroid dienone is 5. The van der Waals surface area contributed by atoms with Crippen LogP contribution in [-0.2, 0) is 0 Å². The summed E-state index contributed by atoms with van der Waals surface area (Å²) in [5.41, 5.74) is 1.02. The Morgan fingerprint density at radius 3 is 2.23 bits per heavy atom. The van der Waals surface area contributed by atoms with E-state index in [0.29, 0.717) is 5.92 Å². The monoisotopic (exact) mass is 186 g/mol. The predicted molar refractivity (Wildman–Crippen MR) is 52.9 cm³/mol. The second-order valence-electron chi connectivity index (χ2n) is 3.30. The molecular weight excluding hydrogens is 170 g/mol. The van der Waals surface area contributed by atoms with E-state index in [-0.39, 0.29) is 5.57 Å². The van der Waals surface area contributed by atoms with E-state index in [1.807, 2.05) is 13.8 Å². The fraction of sp³-hybridized carbons (Fsp3) is 0.455. The molecular formula is C11H16F2. The lowest BCUT2D eigenvalue weighted by Crippen LogP contribution is -1.90. The molecule has 0 fully saturated rings. The summed E-state index contributed by atoms with van der Waals surface area (Å²) in [4.78, 5) is 0. The summed E-state index contributed by atoms with van der Waals surface area (Å²) in [7, 11) is 0. The summed E-state index contributed by atoms with van der Waals surface area (Å²) >= 11 is 0. The van der Waals surface area contributed by atoms with Crippen molar-refractivity contribution < 1.29 is 8.78 Å². The van der Waals surface area contributed by atoms with Gasteiger partial charge in [-0.2, -0.15) is 0 Å². The maximum absolute atomic E-state index is 12.0. The Labute approximate surface area is 78.7 Å². The molecule has 0 amide bonds. The minimum absolute atomic E-state index is 0.0767. The van der Waals surface area contributed by atoms with Crippen LogP contribution in [0.5, 0.6) is 0 Å². The Kier molecular flexibility index (Phi) is 5.28. The van der Waals surface area contributed by atoms with Crippen LogP contribution in [0.4, 0.5) is 8.78 Å². The van der Waals surface area contributed by atoms with E-state index < -0.39 is 6.43 Å². The van der Waals surface area contributed by atoms with Crippen LogP contribution in [0.25, 0.3) is 0 Å². The van der Waals surface area contributed by atoms with Gasteiger partial charge in [0.2, 0.25) is 0 Å². The van der Waals surface area contributed by atoms with Gasteiger partial charge in [-0.15, -0.1) is 0 Å². The molecule has 0 saturated heterocycles. The fourth-order valence-electron chi connectivity index (χ4n) is 0.589. The molecule has 0 bridgehead atoms. The molecule has 2 heteroatoms. The third kappa shape index (κ3) is 5.34. The second kappa shape index (κ2) is 5.68. The van der Waals surface area contributed by atoms with Crippen LogP contribution in [0.3, 0.4) is 0 Å². The van der Waals surface area contributed by atoms with Gasteiger partial charge in [0.05, 0.1) is 0 Å². The van der Waals surface area contributed by atoms with Crippen molar-refractivity contribution in [3.05, 3.63) is 36.0 Å². The molecule has 0 aromatic carbocycles. The molecule has 0 N–H and O–H groups in total. The molecule has 0 spiro atoms. The molecule has 0 aromatic rings. The summed E-state index contributed by atoms with van der Waals surface area (Å²) < 4.78 is 24.0. The highest BCUT2D eigenvalue weighted by atomic mass is 19.3. The van der Waals surface area contributed by atoms with Gasteiger partial charge in [0, 0.05) is 0 Å². The molecule has 0 radical (unpaired) electrons. The van der Waals surface area contributed by atoms with Crippen LogP contribution in [0.2, 0.25) is 0 Å². The van der Waals surface area contributed by atoms with Gasteiger partial charge in [0.15, 0.2) is 0 Å². The first kappa shape index (κ1) is 12.1. The highest BCUT2D eigenvalue weighted by molar-refractivity contribution is 5.22. The minimum atomic E-state index is -2.36. The third-order valence-electron chi connectivity index (χ3n) is 1.76. The van der Waals surface area contributed by atoms with E-state index >= 15 is 0 Å². The first-order chi connectivity index (χ1) is 5.95. The molecule has 0 aromatic heterocycles. The Bertz CT molecular complexity index is 222. The lowest BCUT2D eigenvalue weighted by molar-refractivity contribution is 0.190. The normalized spacial score (nSPS) is 13.3. The number of alkyl halides is 2. The van der Waals surface area contributed by atoms with Crippen molar-refractivity contribution in [3.8, 4) is 0 Å². The van der Waals surface area contributed by atoms with E-state index in [1.165, 1.54) is 13.0 Å². The van der Waals surface area contributed by atoms with Crippen molar-refractivity contribution in [2.45, 2.75) is 27.2 Å². The predicted octanol–water partition coefficient (Wildman–Crippen LogP) is 3.97. The molecule has 0 heterocycles. The molecule has 0 unspecified atom stereocenters. The molecule has 0 rings (SSSR count). The largest absolute Gasteiger partial charge is 0.259 e. The summed E-state index contributed by atoms with van der Waals surface area (Å²) in [6, 6.07) is 0. The van der Waals surface area contributed by atoms with Gasteiger partial charge in [-0.05, 0) is 18.4 Å². The summed E-state index contributed by atoms with van der Waals surface area (Å²) in [5, 5.41) is 0. The van der Waals surface area contributed by atoms with Crippen molar-refractivity contribution in [2.75, 3.05) is 0 Å². The smallest absolute Gasteiger partial charge is 0.205 e. The van der Waals surface area contributed by atoms with Crippen LogP contribution in [-0.4, -0.2) is 6.43 Å². The highest BCUT2D eigenvalue weighted by Crippen LogP contribution is 2.10. The fourth-order valence-corrected chi connectivity index (χ4v) is 0.589. The quantitative estimate of drug-likeness (QED) is 0.583. The lowest BCUT2D eigenvalue weighted by Gasteiger charge is -2.01. The number of halogens is 2. The SMILES string of the molecule is C=C(/C=C\C=C(/C)C(F)F)C(C)C. The van der Waals surface area contributed by atoms with Crippen molar-refractivity contribution in [1.29, 1.82) is 0 Å². The maximum atomic E-state index is 12.0. The first-order valence-electron chi connectivity index (χ1n) is 4.27. The highest BCUT2D eigenvalue weighted by Gasteiger charge is 2.02. The van der Waals surface area contributed by atoms with E-state index in [2.05, 4.69) is 6.58 Å². The topological polar surface area (TPSA) is 0 Å². The van der Waals surface area contributed by atoms with Crippen molar-refractivity contribution >= 4 is 0 Å².